The highest BCUT2D eigenvalue weighted by atomic mass is 79.9. The lowest BCUT2D eigenvalue weighted by Crippen LogP contribution is -2.23. The molecule has 7 nitrogen and oxygen atoms in total. The van der Waals surface area contributed by atoms with E-state index >= 15 is 0 Å². The molecule has 4 rings (SSSR count). The van der Waals surface area contributed by atoms with Crippen LogP contribution < -0.4 is 16.0 Å². The van der Waals surface area contributed by atoms with Crippen molar-refractivity contribution in [1.82, 2.24) is 14.9 Å². The topological polar surface area (TPSA) is 88.1 Å². The van der Waals surface area contributed by atoms with E-state index in [1.165, 1.54) is 6.92 Å². The Kier molecular flexibility index (Phi) is 6.90. The monoisotopic (exact) mass is 539 g/mol. The fourth-order valence-corrected chi connectivity index (χ4v) is 4.04. The first-order valence-corrected chi connectivity index (χ1v) is 11.8. The Labute approximate surface area is 210 Å². The van der Waals surface area contributed by atoms with Gasteiger partial charge in [0.1, 0.15) is 0 Å². The Morgan fingerprint density at radius 1 is 1.06 bits per heavy atom. The molecule has 1 atom stereocenters. The molecule has 9 heteroatoms. The van der Waals surface area contributed by atoms with Gasteiger partial charge in [-0.05, 0) is 67.1 Å². The van der Waals surface area contributed by atoms with Crippen LogP contribution in [0.1, 0.15) is 35.8 Å². The number of hydrogen-bond acceptors (Lipinski definition) is 4. The van der Waals surface area contributed by atoms with E-state index in [1.54, 1.807) is 18.2 Å². The van der Waals surface area contributed by atoms with E-state index in [0.29, 0.717) is 33.4 Å². The third kappa shape index (κ3) is 5.24. The van der Waals surface area contributed by atoms with Gasteiger partial charge in [-0.15, -0.1) is 0 Å². The van der Waals surface area contributed by atoms with E-state index in [0.717, 1.165) is 15.6 Å². The van der Waals surface area contributed by atoms with E-state index in [4.69, 9.17) is 11.6 Å². The molecule has 1 heterocycles. The van der Waals surface area contributed by atoms with Gasteiger partial charge in [-0.1, -0.05) is 33.6 Å². The van der Waals surface area contributed by atoms with E-state index in [1.807, 2.05) is 61.0 Å². The van der Waals surface area contributed by atoms with Crippen molar-refractivity contribution in [3.8, 4) is 0 Å². The van der Waals surface area contributed by atoms with Crippen LogP contribution in [0.3, 0.4) is 0 Å². The molecule has 0 saturated carbocycles. The summed E-state index contributed by atoms with van der Waals surface area (Å²) in [6.45, 7) is 3.39. The number of anilines is 3. The summed E-state index contributed by atoms with van der Waals surface area (Å²) in [5.41, 5.74) is 4.33. The molecule has 1 unspecified atom stereocenters. The van der Waals surface area contributed by atoms with Gasteiger partial charge in [0.2, 0.25) is 11.9 Å². The number of carbonyl (C=O) groups excluding carboxylic acids is 2. The maximum absolute atomic E-state index is 12.7. The number of aryl methyl sites for hydroxylation is 1. The van der Waals surface area contributed by atoms with Gasteiger partial charge in [0, 0.05) is 29.7 Å². The zero-order valence-corrected chi connectivity index (χ0v) is 21.2. The molecule has 174 valence electrons. The average molecular weight is 541 g/mol. The summed E-state index contributed by atoms with van der Waals surface area (Å²) in [6, 6.07) is 18.2. The van der Waals surface area contributed by atoms with Gasteiger partial charge in [-0.2, -0.15) is 0 Å². The molecule has 3 N–H and O–H groups in total. The van der Waals surface area contributed by atoms with Crippen molar-refractivity contribution in [3.05, 3.63) is 81.3 Å². The van der Waals surface area contributed by atoms with Gasteiger partial charge in [0.25, 0.3) is 5.91 Å². The number of amides is 2. The smallest absolute Gasteiger partial charge is 0.255 e. The normalized spacial score (nSPS) is 11.8. The van der Waals surface area contributed by atoms with E-state index in [9.17, 15) is 9.59 Å². The number of benzene rings is 3. The van der Waals surface area contributed by atoms with Crippen molar-refractivity contribution in [3.63, 3.8) is 0 Å². The molecule has 0 spiro atoms. The maximum Gasteiger partial charge on any atom is 0.255 e. The first-order valence-electron chi connectivity index (χ1n) is 10.6. The summed E-state index contributed by atoms with van der Waals surface area (Å²) >= 11 is 9.81. The van der Waals surface area contributed by atoms with Crippen LogP contribution in [0.2, 0.25) is 5.02 Å². The van der Waals surface area contributed by atoms with Crippen molar-refractivity contribution in [2.75, 3.05) is 10.6 Å². The molecule has 1 aromatic heterocycles. The summed E-state index contributed by atoms with van der Waals surface area (Å²) < 4.78 is 2.84. The number of imidazole rings is 1. The Balaban J connectivity index is 1.58. The number of nitrogens with zero attached hydrogens (tertiary/aromatic N) is 2. The quantitative estimate of drug-likeness (QED) is 0.272. The highest BCUT2D eigenvalue weighted by Gasteiger charge is 2.15. The van der Waals surface area contributed by atoms with Crippen LogP contribution in [0.5, 0.6) is 0 Å². The van der Waals surface area contributed by atoms with Crippen molar-refractivity contribution in [2.45, 2.75) is 19.9 Å². The highest BCUT2D eigenvalue weighted by Crippen LogP contribution is 2.30. The lowest BCUT2D eigenvalue weighted by atomic mass is 10.1. The Hall–Kier alpha value is -3.36. The Morgan fingerprint density at radius 2 is 1.79 bits per heavy atom. The van der Waals surface area contributed by atoms with Crippen LogP contribution in [-0.2, 0) is 11.8 Å². The van der Waals surface area contributed by atoms with Gasteiger partial charge in [-0.3, -0.25) is 9.59 Å². The predicted octanol–water partition coefficient (Wildman–Crippen LogP) is 6.18. The molecule has 0 radical (unpaired) electrons. The Morgan fingerprint density at radius 3 is 2.50 bits per heavy atom. The number of fused-ring (bicyclic) bond motifs is 1. The number of carbonyl (C=O) groups is 2. The first-order chi connectivity index (χ1) is 16.2. The van der Waals surface area contributed by atoms with Crippen LogP contribution in [0.25, 0.3) is 11.0 Å². The minimum absolute atomic E-state index is 0.104. The van der Waals surface area contributed by atoms with Crippen molar-refractivity contribution in [2.24, 2.45) is 7.05 Å². The van der Waals surface area contributed by atoms with Gasteiger partial charge >= 0.3 is 0 Å². The summed E-state index contributed by atoms with van der Waals surface area (Å²) in [4.78, 5) is 28.8. The van der Waals surface area contributed by atoms with Gasteiger partial charge in [0.15, 0.2) is 0 Å². The minimum atomic E-state index is -0.216. The number of hydrogen-bond donors (Lipinski definition) is 3. The summed E-state index contributed by atoms with van der Waals surface area (Å²) in [6.07, 6.45) is 0. The Bertz CT molecular complexity index is 1380. The number of aromatic nitrogens is 2. The minimum Gasteiger partial charge on any atom is -0.350 e. The van der Waals surface area contributed by atoms with E-state index in [-0.39, 0.29) is 17.9 Å². The molecule has 0 aliphatic carbocycles. The average Bonchev–Trinajstić information content (AvgIpc) is 3.10. The van der Waals surface area contributed by atoms with Crippen LogP contribution in [0, 0.1) is 0 Å². The number of nitrogens with one attached hydrogen (secondary N) is 3. The highest BCUT2D eigenvalue weighted by molar-refractivity contribution is 9.10. The molecule has 0 saturated heterocycles. The summed E-state index contributed by atoms with van der Waals surface area (Å²) in [5.74, 6) is 0.256. The second kappa shape index (κ2) is 9.87. The van der Waals surface area contributed by atoms with Gasteiger partial charge in [0.05, 0.1) is 27.8 Å². The fraction of sp³-hybridized carbons (Fsp3) is 0.160. The SMILES string of the molecule is CC(=O)NC(C)c1ccc(Cl)c(Nc2nc3cc(C(=O)Nc4ccc(Br)cc4)ccc3n2C)c1. The molecule has 0 aliphatic rings. The third-order valence-electron chi connectivity index (χ3n) is 5.40. The van der Waals surface area contributed by atoms with Crippen LogP contribution in [0.15, 0.2) is 65.1 Å². The van der Waals surface area contributed by atoms with Crippen LogP contribution in [0.4, 0.5) is 17.3 Å². The second-order valence-electron chi connectivity index (χ2n) is 7.95. The largest absolute Gasteiger partial charge is 0.350 e. The van der Waals surface area contributed by atoms with Crippen LogP contribution >= 0.6 is 27.5 Å². The van der Waals surface area contributed by atoms with Crippen molar-refractivity contribution in [1.29, 1.82) is 0 Å². The summed E-state index contributed by atoms with van der Waals surface area (Å²) in [7, 11) is 1.89. The summed E-state index contributed by atoms with van der Waals surface area (Å²) in [5, 5.41) is 9.56. The lowest BCUT2D eigenvalue weighted by Gasteiger charge is -2.15. The van der Waals surface area contributed by atoms with E-state index < -0.39 is 0 Å². The predicted molar refractivity (Wildman–Crippen MR) is 140 cm³/mol. The van der Waals surface area contributed by atoms with Crippen LogP contribution in [-0.4, -0.2) is 21.4 Å². The molecule has 4 aromatic rings. The lowest BCUT2D eigenvalue weighted by molar-refractivity contribution is -0.119. The zero-order valence-electron chi connectivity index (χ0n) is 18.8. The van der Waals surface area contributed by atoms with E-state index in [2.05, 4.69) is 36.9 Å². The number of rotatable bonds is 6. The molecule has 2 amide bonds. The number of halogens is 2. The molecule has 0 bridgehead atoms. The first kappa shape index (κ1) is 23.8. The third-order valence-corrected chi connectivity index (χ3v) is 6.26. The molecular formula is C25H23BrClN5O2. The second-order valence-corrected chi connectivity index (χ2v) is 9.27. The standard InChI is InChI=1S/C25H23BrClN5O2/c1-14(28-15(2)33)16-4-10-20(27)21(12-16)30-25-31-22-13-17(5-11-23(22)32(25)3)24(34)29-19-8-6-18(26)7-9-19/h4-14H,1-3H3,(H,28,33)(H,29,34)(H,30,31). The maximum atomic E-state index is 12.7. The molecule has 0 aliphatic heterocycles. The molecule has 34 heavy (non-hydrogen) atoms. The fourth-order valence-electron chi connectivity index (χ4n) is 3.61. The zero-order chi connectivity index (χ0) is 24.4. The van der Waals surface area contributed by atoms with Gasteiger partial charge in [-0.25, -0.2) is 4.98 Å². The molecule has 3 aromatic carbocycles. The molecular weight excluding hydrogens is 518 g/mol. The molecule has 0 fully saturated rings. The van der Waals surface area contributed by atoms with Crippen molar-refractivity contribution < 1.29 is 9.59 Å². The van der Waals surface area contributed by atoms with Gasteiger partial charge < -0.3 is 20.5 Å². The van der Waals surface area contributed by atoms with Crippen molar-refractivity contribution >= 4 is 67.7 Å².